The molecule has 0 aromatic heterocycles. The van der Waals surface area contributed by atoms with Crippen molar-refractivity contribution in [3.05, 3.63) is 0 Å². The van der Waals surface area contributed by atoms with Gasteiger partial charge in [-0.3, -0.25) is 0 Å². The fraction of sp³-hybridized carbons (Fsp3) is 0. The molecule has 0 fully saturated rings. The molecule has 0 saturated carbocycles. The van der Waals surface area contributed by atoms with E-state index in [4.69, 9.17) is 25.5 Å². The standard InChI is InChI=1S/Bi.3ClH.H3P/h;3*1H;1H3/q+3;;;;/p-3. The van der Waals surface area contributed by atoms with Gasteiger partial charge in [0.05, 0.1) is 0 Å². The van der Waals surface area contributed by atoms with Crippen molar-refractivity contribution in [1.29, 1.82) is 0 Å². The van der Waals surface area contributed by atoms with E-state index in [-0.39, 0.29) is 9.90 Å². The van der Waals surface area contributed by atoms with Crippen LogP contribution in [0.1, 0.15) is 0 Å². The van der Waals surface area contributed by atoms with Gasteiger partial charge >= 0.3 is 43.7 Å². The molecular weight excluding hydrogens is 346 g/mol. The zero-order valence-electron chi connectivity index (χ0n) is 2.29. The summed E-state index contributed by atoms with van der Waals surface area (Å²) in [5.41, 5.74) is 0. The van der Waals surface area contributed by atoms with E-state index in [1.807, 2.05) is 0 Å². The van der Waals surface area contributed by atoms with Crippen LogP contribution in [-0.4, -0.2) is 18.2 Å². The van der Waals surface area contributed by atoms with Gasteiger partial charge in [-0.1, -0.05) is 0 Å². The van der Waals surface area contributed by atoms with E-state index in [0.717, 1.165) is 0 Å². The Morgan fingerprint density at radius 1 is 1.00 bits per heavy atom. The third kappa shape index (κ3) is 22.7. The molecule has 0 N–H and O–H groups in total. The van der Waals surface area contributed by atoms with Gasteiger partial charge in [-0.25, -0.2) is 0 Å². The maximum absolute atomic E-state index is 5.01. The van der Waals surface area contributed by atoms with Crippen molar-refractivity contribution >= 4 is 53.6 Å². The van der Waals surface area contributed by atoms with Gasteiger partial charge in [-0.05, 0) is 0 Å². The van der Waals surface area contributed by atoms with Crippen molar-refractivity contribution in [2.24, 2.45) is 0 Å². The van der Waals surface area contributed by atoms with Crippen LogP contribution in [0.15, 0.2) is 0 Å². The summed E-state index contributed by atoms with van der Waals surface area (Å²) < 4.78 is 0. The predicted molar refractivity (Wildman–Crippen MR) is 34.4 cm³/mol. The SMILES string of the molecule is P.[Cl][Bi]([Cl])[Cl]. The van der Waals surface area contributed by atoms with E-state index in [9.17, 15) is 0 Å². The molecular formula is H3BiCl3P. The molecule has 0 saturated heterocycles. The van der Waals surface area contributed by atoms with Crippen LogP contribution in [0.2, 0.25) is 0 Å². The van der Waals surface area contributed by atoms with Crippen LogP contribution in [0.3, 0.4) is 0 Å². The molecule has 0 amide bonds. The van der Waals surface area contributed by atoms with E-state index in [0.29, 0.717) is 0 Å². The van der Waals surface area contributed by atoms with Gasteiger partial charge in [0.15, 0.2) is 0 Å². The third-order valence-electron chi connectivity index (χ3n) is 0. The molecule has 5 heavy (non-hydrogen) atoms. The molecule has 0 spiro atoms. The van der Waals surface area contributed by atoms with Gasteiger partial charge < -0.3 is 0 Å². The molecule has 1 unspecified atom stereocenters. The van der Waals surface area contributed by atoms with Crippen LogP contribution in [0.5, 0.6) is 0 Å². The van der Waals surface area contributed by atoms with Crippen LogP contribution >= 0.6 is 35.4 Å². The van der Waals surface area contributed by atoms with Crippen molar-refractivity contribution in [2.75, 3.05) is 0 Å². The maximum atomic E-state index is 5.01. The fourth-order valence-electron chi connectivity index (χ4n) is 0. The molecule has 0 rings (SSSR count). The molecule has 0 aromatic rings. The average Bonchev–Trinajstić information content (AvgIpc) is 0.811. The van der Waals surface area contributed by atoms with Crippen LogP contribution in [-0.2, 0) is 0 Å². The Morgan fingerprint density at radius 3 is 1.00 bits per heavy atom. The summed E-state index contributed by atoms with van der Waals surface area (Å²) in [4.78, 5) is 0. The summed E-state index contributed by atoms with van der Waals surface area (Å²) in [5.74, 6) is 0. The molecule has 34 valence electrons. The Kier molecular flexibility index (Phi) is 12.6. The van der Waals surface area contributed by atoms with Gasteiger partial charge in [0.25, 0.3) is 0 Å². The molecule has 1 atom stereocenters. The summed E-state index contributed by atoms with van der Waals surface area (Å²) in [7, 11) is 15.0. The van der Waals surface area contributed by atoms with E-state index in [1.54, 1.807) is 0 Å². The number of rotatable bonds is 0. The Bertz CT molecular complexity index is 11.6. The van der Waals surface area contributed by atoms with E-state index < -0.39 is 18.2 Å². The summed E-state index contributed by atoms with van der Waals surface area (Å²) in [6.45, 7) is 0. The molecule has 5 heteroatoms. The van der Waals surface area contributed by atoms with Gasteiger partial charge in [-0.2, -0.15) is 9.90 Å². The van der Waals surface area contributed by atoms with Gasteiger partial charge in [0.2, 0.25) is 0 Å². The van der Waals surface area contributed by atoms with Crippen LogP contribution < -0.4 is 0 Å². The Labute approximate surface area is 53.1 Å². The normalized spacial score (nSPS) is 7.20. The first kappa shape index (κ1) is 10.2. The topological polar surface area (TPSA) is 0 Å². The van der Waals surface area contributed by atoms with Crippen molar-refractivity contribution in [3.63, 3.8) is 0 Å². The number of halogens is 3. The monoisotopic (exact) mass is 348 g/mol. The van der Waals surface area contributed by atoms with E-state index in [2.05, 4.69) is 0 Å². The fourth-order valence-corrected chi connectivity index (χ4v) is 0. The zero-order valence-corrected chi connectivity index (χ0v) is 9.45. The minimum absolute atomic E-state index is 0. The summed E-state index contributed by atoms with van der Waals surface area (Å²) in [6.07, 6.45) is 0. The third-order valence-corrected chi connectivity index (χ3v) is 0. The quantitative estimate of drug-likeness (QED) is 0.462. The van der Waals surface area contributed by atoms with Crippen molar-refractivity contribution in [3.8, 4) is 0 Å². The van der Waals surface area contributed by atoms with Gasteiger partial charge in [0.1, 0.15) is 0 Å². The zero-order chi connectivity index (χ0) is 3.58. The first-order chi connectivity index (χ1) is 1.73. The van der Waals surface area contributed by atoms with Crippen LogP contribution in [0, 0.1) is 0 Å². The molecule has 0 bridgehead atoms. The van der Waals surface area contributed by atoms with Gasteiger partial charge in [0, 0.05) is 0 Å². The van der Waals surface area contributed by atoms with Crippen LogP contribution in [0.4, 0.5) is 0 Å². The molecule has 0 aliphatic rings. The first-order valence-electron chi connectivity index (χ1n) is 0.507. The van der Waals surface area contributed by atoms with E-state index >= 15 is 0 Å². The Hall–Kier alpha value is 2.18. The molecule has 0 radical (unpaired) electrons. The molecule has 0 aromatic carbocycles. The predicted octanol–water partition coefficient (Wildman–Crippen LogP) is 1.75. The second-order valence-corrected chi connectivity index (χ2v) is 15.1. The van der Waals surface area contributed by atoms with Crippen molar-refractivity contribution < 1.29 is 0 Å². The minimum atomic E-state index is -2.18. The van der Waals surface area contributed by atoms with Gasteiger partial charge in [-0.15, -0.1) is 0 Å². The molecule has 0 heterocycles. The number of hydrogen-bond donors (Lipinski definition) is 0. The molecule has 0 nitrogen and oxygen atoms in total. The summed E-state index contributed by atoms with van der Waals surface area (Å²) >= 11 is -2.18. The summed E-state index contributed by atoms with van der Waals surface area (Å²) in [5, 5.41) is 0. The second kappa shape index (κ2) is 6.18. The molecule has 0 aliphatic carbocycles. The second-order valence-electron chi connectivity index (χ2n) is 0.192. The number of hydrogen-bond acceptors (Lipinski definition) is 0. The van der Waals surface area contributed by atoms with Crippen LogP contribution in [0.25, 0.3) is 0 Å². The Balaban J connectivity index is 0. The van der Waals surface area contributed by atoms with Crippen molar-refractivity contribution in [1.82, 2.24) is 0 Å². The Morgan fingerprint density at radius 2 is 1.00 bits per heavy atom. The first-order valence-corrected chi connectivity index (χ1v) is 13.3. The average molecular weight is 349 g/mol. The van der Waals surface area contributed by atoms with E-state index in [1.165, 1.54) is 0 Å². The molecule has 0 aliphatic heterocycles. The summed E-state index contributed by atoms with van der Waals surface area (Å²) in [6, 6.07) is 0. The van der Waals surface area contributed by atoms with Crippen molar-refractivity contribution in [2.45, 2.75) is 0 Å².